The van der Waals surface area contributed by atoms with E-state index in [-0.39, 0.29) is 23.5 Å². The lowest BCUT2D eigenvalue weighted by molar-refractivity contribution is -0.181. The van der Waals surface area contributed by atoms with Crippen LogP contribution in [0.5, 0.6) is 0 Å². The Morgan fingerprint density at radius 2 is 2.00 bits per heavy atom. The molecular weight excluding hydrogens is 264 g/mol. The average molecular weight is 298 g/mol. The molecular formula is C17H34N2O2. The van der Waals surface area contributed by atoms with Crippen molar-refractivity contribution in [1.29, 1.82) is 0 Å². The fourth-order valence-corrected chi connectivity index (χ4v) is 3.13. The monoisotopic (exact) mass is 298 g/mol. The van der Waals surface area contributed by atoms with Crippen LogP contribution in [0.3, 0.4) is 0 Å². The third kappa shape index (κ3) is 3.26. The van der Waals surface area contributed by atoms with Crippen molar-refractivity contribution in [2.45, 2.75) is 84.9 Å². The first-order valence-corrected chi connectivity index (χ1v) is 8.47. The van der Waals surface area contributed by atoms with Gasteiger partial charge in [0.05, 0.1) is 6.10 Å². The fourth-order valence-electron chi connectivity index (χ4n) is 3.13. The molecule has 0 radical (unpaired) electrons. The number of rotatable bonds is 8. The van der Waals surface area contributed by atoms with E-state index < -0.39 is 5.54 Å². The minimum absolute atomic E-state index is 0.0846. The Bertz CT molecular complexity index is 357. The van der Waals surface area contributed by atoms with Crippen LogP contribution in [0.2, 0.25) is 0 Å². The first kappa shape index (κ1) is 18.4. The number of nitrogens with two attached hydrogens (primary N) is 1. The van der Waals surface area contributed by atoms with Crippen LogP contribution in [0.25, 0.3) is 0 Å². The lowest BCUT2D eigenvalue weighted by atomic mass is 9.54. The van der Waals surface area contributed by atoms with Crippen LogP contribution in [-0.4, -0.2) is 41.6 Å². The number of amides is 1. The molecule has 0 bridgehead atoms. The number of ether oxygens (including phenoxy) is 1. The van der Waals surface area contributed by atoms with Crippen LogP contribution in [0, 0.1) is 5.41 Å². The highest BCUT2D eigenvalue weighted by molar-refractivity contribution is 5.89. The standard InChI is InChI=1S/C17H34N2O2/c1-7-10-11-19(13(4)8-2)15(20)17(18)12-14(21-9-3)16(17,5)6/h13-14H,7-12,18H2,1-6H3. The second-order valence-electron chi connectivity index (χ2n) is 6.95. The van der Waals surface area contributed by atoms with E-state index in [1.807, 2.05) is 11.8 Å². The maximum absolute atomic E-state index is 13.1. The Labute approximate surface area is 130 Å². The van der Waals surface area contributed by atoms with Crippen LogP contribution in [-0.2, 0) is 9.53 Å². The summed E-state index contributed by atoms with van der Waals surface area (Å²) in [5.74, 6) is 0.103. The number of hydrogen-bond acceptors (Lipinski definition) is 3. The summed E-state index contributed by atoms with van der Waals surface area (Å²) in [4.78, 5) is 15.1. The first-order valence-electron chi connectivity index (χ1n) is 8.47. The van der Waals surface area contributed by atoms with E-state index in [9.17, 15) is 4.79 Å². The van der Waals surface area contributed by atoms with Gasteiger partial charge in [-0.05, 0) is 26.7 Å². The molecule has 1 fully saturated rings. The summed E-state index contributed by atoms with van der Waals surface area (Å²) >= 11 is 0. The Morgan fingerprint density at radius 3 is 2.43 bits per heavy atom. The summed E-state index contributed by atoms with van der Waals surface area (Å²) < 4.78 is 5.74. The van der Waals surface area contributed by atoms with Crippen molar-refractivity contribution in [3.63, 3.8) is 0 Å². The molecule has 0 aromatic carbocycles. The van der Waals surface area contributed by atoms with Gasteiger partial charge in [0.1, 0.15) is 5.54 Å². The summed E-state index contributed by atoms with van der Waals surface area (Å²) in [7, 11) is 0. The van der Waals surface area contributed by atoms with Crippen molar-refractivity contribution in [2.24, 2.45) is 11.1 Å². The molecule has 0 spiro atoms. The molecule has 0 aromatic rings. The molecule has 124 valence electrons. The van der Waals surface area contributed by atoms with Crippen molar-refractivity contribution < 1.29 is 9.53 Å². The number of nitrogens with zero attached hydrogens (tertiary/aromatic N) is 1. The molecule has 1 amide bonds. The maximum Gasteiger partial charge on any atom is 0.243 e. The van der Waals surface area contributed by atoms with E-state index in [2.05, 4.69) is 34.6 Å². The van der Waals surface area contributed by atoms with Gasteiger partial charge >= 0.3 is 0 Å². The van der Waals surface area contributed by atoms with E-state index in [0.717, 1.165) is 25.8 Å². The minimum atomic E-state index is -0.788. The summed E-state index contributed by atoms with van der Waals surface area (Å²) in [5, 5.41) is 0. The van der Waals surface area contributed by atoms with Gasteiger partial charge in [0.25, 0.3) is 0 Å². The number of carbonyl (C=O) groups is 1. The van der Waals surface area contributed by atoms with Crippen LogP contribution in [0.15, 0.2) is 0 Å². The number of unbranched alkanes of at least 4 members (excludes halogenated alkanes) is 1. The lowest BCUT2D eigenvalue weighted by Crippen LogP contribution is -2.76. The fraction of sp³-hybridized carbons (Fsp3) is 0.941. The van der Waals surface area contributed by atoms with Crippen molar-refractivity contribution in [3.8, 4) is 0 Å². The zero-order chi connectivity index (χ0) is 16.3. The van der Waals surface area contributed by atoms with Crippen molar-refractivity contribution in [2.75, 3.05) is 13.2 Å². The van der Waals surface area contributed by atoms with Gasteiger partial charge < -0.3 is 15.4 Å². The van der Waals surface area contributed by atoms with Crippen molar-refractivity contribution >= 4 is 5.91 Å². The van der Waals surface area contributed by atoms with E-state index in [1.54, 1.807) is 0 Å². The molecule has 3 atom stereocenters. The van der Waals surface area contributed by atoms with E-state index in [4.69, 9.17) is 10.5 Å². The maximum atomic E-state index is 13.1. The molecule has 1 aliphatic rings. The highest BCUT2D eigenvalue weighted by Crippen LogP contribution is 2.50. The number of carbonyl (C=O) groups excluding carboxylic acids is 1. The first-order chi connectivity index (χ1) is 9.76. The smallest absolute Gasteiger partial charge is 0.243 e. The quantitative estimate of drug-likeness (QED) is 0.749. The highest BCUT2D eigenvalue weighted by atomic mass is 16.5. The zero-order valence-corrected chi connectivity index (χ0v) is 14.7. The lowest BCUT2D eigenvalue weighted by Gasteiger charge is -2.59. The number of hydrogen-bond donors (Lipinski definition) is 1. The largest absolute Gasteiger partial charge is 0.378 e. The SMILES string of the molecule is CCCCN(C(=O)C1(N)CC(OCC)C1(C)C)C(C)CC. The highest BCUT2D eigenvalue weighted by Gasteiger charge is 2.63. The molecule has 3 unspecified atom stereocenters. The molecule has 0 heterocycles. The Balaban J connectivity index is 2.88. The Hall–Kier alpha value is -0.610. The van der Waals surface area contributed by atoms with Gasteiger partial charge in [0.15, 0.2) is 0 Å². The molecule has 0 saturated heterocycles. The van der Waals surface area contributed by atoms with Crippen LogP contribution >= 0.6 is 0 Å². The van der Waals surface area contributed by atoms with E-state index in [0.29, 0.717) is 13.0 Å². The topological polar surface area (TPSA) is 55.6 Å². The molecule has 21 heavy (non-hydrogen) atoms. The van der Waals surface area contributed by atoms with Gasteiger partial charge in [-0.1, -0.05) is 34.1 Å². The summed E-state index contributed by atoms with van der Waals surface area (Å²) in [5.41, 5.74) is 5.44. The zero-order valence-electron chi connectivity index (χ0n) is 14.7. The predicted molar refractivity (Wildman–Crippen MR) is 87.1 cm³/mol. The van der Waals surface area contributed by atoms with Gasteiger partial charge in [-0.3, -0.25) is 4.79 Å². The molecule has 4 nitrogen and oxygen atoms in total. The van der Waals surface area contributed by atoms with Crippen LogP contribution < -0.4 is 5.73 Å². The van der Waals surface area contributed by atoms with Crippen LogP contribution in [0.1, 0.15) is 67.2 Å². The Morgan fingerprint density at radius 1 is 1.38 bits per heavy atom. The second kappa shape index (κ2) is 7.10. The molecule has 1 aliphatic carbocycles. The molecule has 0 aliphatic heterocycles. The Kier molecular flexibility index (Phi) is 6.23. The normalized spacial score (nSPS) is 28.8. The van der Waals surface area contributed by atoms with Gasteiger partial charge in [-0.2, -0.15) is 0 Å². The van der Waals surface area contributed by atoms with E-state index >= 15 is 0 Å². The predicted octanol–water partition coefficient (Wildman–Crippen LogP) is 2.95. The average Bonchev–Trinajstić information content (AvgIpc) is 2.46. The molecule has 1 rings (SSSR count). The third-order valence-corrected chi connectivity index (χ3v) is 5.35. The third-order valence-electron chi connectivity index (χ3n) is 5.35. The molecule has 0 aromatic heterocycles. The second-order valence-corrected chi connectivity index (χ2v) is 6.95. The molecule has 2 N–H and O–H groups in total. The van der Waals surface area contributed by atoms with Gasteiger partial charge in [0.2, 0.25) is 5.91 Å². The minimum Gasteiger partial charge on any atom is -0.378 e. The summed E-state index contributed by atoms with van der Waals surface area (Å²) in [6.45, 7) is 14.0. The van der Waals surface area contributed by atoms with Crippen molar-refractivity contribution in [1.82, 2.24) is 4.90 Å². The van der Waals surface area contributed by atoms with Crippen molar-refractivity contribution in [3.05, 3.63) is 0 Å². The summed E-state index contributed by atoms with van der Waals surface area (Å²) in [6.07, 6.45) is 3.79. The van der Waals surface area contributed by atoms with Gasteiger partial charge in [-0.25, -0.2) is 0 Å². The van der Waals surface area contributed by atoms with Crippen LogP contribution in [0.4, 0.5) is 0 Å². The summed E-state index contributed by atoms with van der Waals surface area (Å²) in [6, 6.07) is 0.242. The molecule has 4 heteroatoms. The van der Waals surface area contributed by atoms with Gasteiger partial charge in [-0.15, -0.1) is 0 Å². The van der Waals surface area contributed by atoms with E-state index in [1.165, 1.54) is 0 Å². The van der Waals surface area contributed by atoms with Gasteiger partial charge in [0, 0.05) is 31.0 Å². The molecule has 1 saturated carbocycles.